The largest absolute Gasteiger partial charge is 0.504 e. The molecule has 0 saturated carbocycles. The van der Waals surface area contributed by atoms with Crippen molar-refractivity contribution in [3.63, 3.8) is 0 Å². The van der Waals surface area contributed by atoms with Crippen LogP contribution in [0.5, 0.6) is 0 Å². The fourth-order valence-corrected chi connectivity index (χ4v) is 6.44. The number of benzene rings is 1. The van der Waals surface area contributed by atoms with Crippen molar-refractivity contribution in [2.24, 2.45) is 0 Å². The maximum Gasteiger partial charge on any atom is 0.278 e. The monoisotopic (exact) mass is 407 g/mol. The van der Waals surface area contributed by atoms with E-state index in [1.807, 2.05) is 19.1 Å². The van der Waals surface area contributed by atoms with E-state index in [0.29, 0.717) is 10.5 Å². The van der Waals surface area contributed by atoms with Crippen molar-refractivity contribution in [3.05, 3.63) is 45.9 Å². The maximum absolute atomic E-state index is 13.0. The van der Waals surface area contributed by atoms with Crippen LogP contribution in [0, 0.1) is 6.92 Å². The number of amides is 1. The third-order valence-corrected chi connectivity index (χ3v) is 7.86. The molecule has 0 aliphatic carbocycles. The van der Waals surface area contributed by atoms with Crippen molar-refractivity contribution >= 4 is 59.6 Å². The Balaban J connectivity index is 1.93. The first-order chi connectivity index (χ1) is 12.3. The van der Waals surface area contributed by atoms with Crippen LogP contribution in [0.2, 0.25) is 0 Å². The van der Waals surface area contributed by atoms with Crippen LogP contribution in [-0.4, -0.2) is 35.8 Å². The van der Waals surface area contributed by atoms with Gasteiger partial charge in [0.15, 0.2) is 16.6 Å². The van der Waals surface area contributed by atoms with Crippen molar-refractivity contribution < 1.29 is 18.3 Å². The number of hydrogen-bond donors (Lipinski definition) is 2. The van der Waals surface area contributed by atoms with Gasteiger partial charge in [-0.2, -0.15) is 0 Å². The number of nitrogens with one attached hydrogen (secondary N) is 1. The van der Waals surface area contributed by atoms with Crippen molar-refractivity contribution in [2.45, 2.75) is 11.8 Å². The Bertz CT molecular complexity index is 1180. The zero-order chi connectivity index (χ0) is 18.6. The molecule has 0 unspecified atom stereocenters. The Morgan fingerprint density at radius 1 is 1.35 bits per heavy atom. The van der Waals surface area contributed by atoms with Gasteiger partial charge in [0, 0.05) is 28.7 Å². The lowest BCUT2D eigenvalue weighted by Crippen LogP contribution is -2.36. The minimum atomic E-state index is -3.97. The maximum atomic E-state index is 13.0. The standard InChI is InChI=1S/C16H13N3O4S3/c1-8-3-4-9-10(7-8)25-13-12(20)11(19(2)26(22,23)14(9)13)15(21)18-16-17-5-6-24-16/h3-7,20H,1-2H3,(H,17,18,21). The number of carbonyl (C=O) groups is 1. The molecule has 0 spiro atoms. The van der Waals surface area contributed by atoms with Gasteiger partial charge in [0.25, 0.3) is 15.9 Å². The summed E-state index contributed by atoms with van der Waals surface area (Å²) in [6.07, 6.45) is 1.52. The van der Waals surface area contributed by atoms with Crippen LogP contribution in [0.1, 0.15) is 10.4 Å². The summed E-state index contributed by atoms with van der Waals surface area (Å²) in [5.74, 6) is -1.09. The van der Waals surface area contributed by atoms with E-state index in [4.69, 9.17) is 0 Å². The summed E-state index contributed by atoms with van der Waals surface area (Å²) in [6.45, 7) is 1.90. The highest BCUT2D eigenvalue weighted by atomic mass is 32.2. The van der Waals surface area contributed by atoms with E-state index in [0.717, 1.165) is 25.9 Å². The minimum Gasteiger partial charge on any atom is -0.504 e. The normalized spacial score (nSPS) is 16.0. The fraction of sp³-hybridized carbons (Fsp3) is 0.125. The smallest absolute Gasteiger partial charge is 0.278 e. The number of aromatic nitrogens is 1. The predicted octanol–water partition coefficient (Wildman–Crippen LogP) is 3.17. The van der Waals surface area contributed by atoms with Crippen LogP contribution in [0.15, 0.2) is 40.4 Å². The van der Waals surface area contributed by atoms with Crippen LogP contribution < -0.4 is 5.32 Å². The van der Waals surface area contributed by atoms with Gasteiger partial charge in [-0.3, -0.25) is 14.4 Å². The van der Waals surface area contributed by atoms with Gasteiger partial charge in [0.2, 0.25) is 0 Å². The van der Waals surface area contributed by atoms with Gasteiger partial charge in [-0.05, 0) is 18.6 Å². The zero-order valence-electron chi connectivity index (χ0n) is 13.7. The van der Waals surface area contributed by atoms with Crippen molar-refractivity contribution in [2.75, 3.05) is 12.4 Å². The molecule has 0 bridgehead atoms. The molecule has 0 fully saturated rings. The molecule has 1 aliphatic heterocycles. The number of anilines is 1. The van der Waals surface area contributed by atoms with Crippen molar-refractivity contribution in [1.29, 1.82) is 0 Å². The Morgan fingerprint density at radius 3 is 2.81 bits per heavy atom. The van der Waals surface area contributed by atoms with E-state index in [2.05, 4.69) is 10.3 Å². The van der Waals surface area contributed by atoms with Crippen molar-refractivity contribution in [1.82, 2.24) is 9.29 Å². The highest BCUT2D eigenvalue weighted by Gasteiger charge is 2.40. The third kappa shape index (κ3) is 2.41. The first-order valence-corrected chi connectivity index (χ1v) is 10.6. The van der Waals surface area contributed by atoms with Gasteiger partial charge in [-0.25, -0.2) is 13.4 Å². The molecule has 3 aromatic rings. The summed E-state index contributed by atoms with van der Waals surface area (Å²) in [7, 11) is -2.72. The molecule has 0 atom stereocenters. The van der Waals surface area contributed by atoms with Crippen molar-refractivity contribution in [3.8, 4) is 0 Å². The molecule has 2 N–H and O–H groups in total. The molecule has 0 radical (unpaired) electrons. The second-order valence-electron chi connectivity index (χ2n) is 5.72. The first kappa shape index (κ1) is 17.0. The van der Waals surface area contributed by atoms with Crippen LogP contribution in [0.4, 0.5) is 5.13 Å². The van der Waals surface area contributed by atoms with Gasteiger partial charge in [0.05, 0.1) is 4.88 Å². The van der Waals surface area contributed by atoms with E-state index >= 15 is 0 Å². The minimum absolute atomic E-state index is 0.0308. The summed E-state index contributed by atoms with van der Waals surface area (Å²) in [5.41, 5.74) is 0.656. The van der Waals surface area contributed by atoms with Crippen LogP contribution in [0.3, 0.4) is 0 Å². The third-order valence-electron chi connectivity index (χ3n) is 4.04. The Hall–Kier alpha value is -2.43. The SMILES string of the molecule is Cc1ccc2c3c(sc2c1)C(O)=C(C(=O)Nc1nccs1)N(C)S3(=O)=O. The molecule has 0 saturated heterocycles. The summed E-state index contributed by atoms with van der Waals surface area (Å²) in [4.78, 5) is 16.7. The Morgan fingerprint density at radius 2 is 2.12 bits per heavy atom. The van der Waals surface area contributed by atoms with E-state index in [1.54, 1.807) is 11.4 Å². The highest BCUT2D eigenvalue weighted by molar-refractivity contribution is 7.89. The number of carbonyl (C=O) groups excluding carboxylic acids is 1. The number of likely N-dealkylation sites (N-methyl/N-ethyl adjacent to an activating group) is 1. The number of aryl methyl sites for hydroxylation is 1. The van der Waals surface area contributed by atoms with Gasteiger partial charge in [-0.1, -0.05) is 12.1 Å². The number of thiophene rings is 1. The zero-order valence-corrected chi connectivity index (χ0v) is 16.1. The molecule has 10 heteroatoms. The second kappa shape index (κ2) is 5.79. The Labute approximate surface area is 157 Å². The predicted molar refractivity (Wildman–Crippen MR) is 102 cm³/mol. The topological polar surface area (TPSA) is 99.6 Å². The summed E-state index contributed by atoms with van der Waals surface area (Å²) < 4.78 is 27.6. The molecule has 1 aliphatic rings. The molecule has 26 heavy (non-hydrogen) atoms. The number of nitrogens with zero attached hydrogens (tertiary/aromatic N) is 2. The molecular weight excluding hydrogens is 394 g/mol. The van der Waals surface area contributed by atoms with E-state index in [9.17, 15) is 18.3 Å². The fourth-order valence-electron chi connectivity index (χ4n) is 2.80. The molecule has 134 valence electrons. The number of aliphatic hydroxyl groups is 1. The summed E-state index contributed by atoms with van der Waals surface area (Å²) in [6, 6.07) is 5.39. The summed E-state index contributed by atoms with van der Waals surface area (Å²) >= 11 is 2.34. The average Bonchev–Trinajstić information content (AvgIpc) is 3.20. The van der Waals surface area contributed by atoms with E-state index in [1.165, 1.54) is 24.6 Å². The summed E-state index contributed by atoms with van der Waals surface area (Å²) in [5, 5.41) is 15.7. The first-order valence-electron chi connectivity index (χ1n) is 7.47. The average molecular weight is 407 g/mol. The molecule has 7 nitrogen and oxygen atoms in total. The van der Waals surface area contributed by atoms with Gasteiger partial charge in [-0.15, -0.1) is 22.7 Å². The van der Waals surface area contributed by atoms with Gasteiger partial charge < -0.3 is 5.11 Å². The molecule has 4 rings (SSSR count). The van der Waals surface area contributed by atoms with E-state index in [-0.39, 0.29) is 21.2 Å². The number of aliphatic hydroxyl groups excluding tert-OH is 1. The number of fused-ring (bicyclic) bond motifs is 3. The van der Waals surface area contributed by atoms with Gasteiger partial charge >= 0.3 is 0 Å². The van der Waals surface area contributed by atoms with Gasteiger partial charge in [0.1, 0.15) is 4.90 Å². The van der Waals surface area contributed by atoms with E-state index < -0.39 is 15.9 Å². The van der Waals surface area contributed by atoms with Crippen LogP contribution >= 0.6 is 22.7 Å². The Kier molecular flexibility index (Phi) is 3.79. The molecule has 1 aromatic carbocycles. The number of thiazole rings is 1. The lowest BCUT2D eigenvalue weighted by molar-refractivity contribution is -0.113. The highest BCUT2D eigenvalue weighted by Crippen LogP contribution is 2.44. The number of sulfonamides is 1. The second-order valence-corrected chi connectivity index (χ2v) is 9.57. The molecular formula is C16H13N3O4S3. The lowest BCUT2D eigenvalue weighted by atomic mass is 10.2. The quantitative estimate of drug-likeness (QED) is 0.680. The molecule has 1 amide bonds. The number of rotatable bonds is 2. The van der Waals surface area contributed by atoms with Crippen LogP contribution in [0.25, 0.3) is 15.8 Å². The van der Waals surface area contributed by atoms with Crippen LogP contribution in [-0.2, 0) is 14.8 Å². The molecule has 2 aromatic heterocycles. The molecule has 3 heterocycles. The number of hydrogen-bond acceptors (Lipinski definition) is 7. The lowest BCUT2D eigenvalue weighted by Gasteiger charge is -2.26.